The van der Waals surface area contributed by atoms with E-state index in [0.717, 1.165) is 35.4 Å². The van der Waals surface area contributed by atoms with Crippen molar-refractivity contribution in [1.82, 2.24) is 10.3 Å². The van der Waals surface area contributed by atoms with Crippen LogP contribution in [-0.2, 0) is 25.6 Å². The van der Waals surface area contributed by atoms with E-state index in [0.29, 0.717) is 13.0 Å². The largest absolute Gasteiger partial charge is 0.492 e. The van der Waals surface area contributed by atoms with E-state index >= 15 is 0 Å². The van der Waals surface area contributed by atoms with E-state index in [4.69, 9.17) is 25.2 Å². The van der Waals surface area contributed by atoms with Crippen molar-refractivity contribution in [3.8, 4) is 5.75 Å². The number of nitrogens with one attached hydrogen (secondary N) is 1. The van der Waals surface area contributed by atoms with Gasteiger partial charge in [0.2, 0.25) is 5.91 Å². The van der Waals surface area contributed by atoms with Crippen LogP contribution in [0.1, 0.15) is 18.4 Å². The summed E-state index contributed by atoms with van der Waals surface area (Å²) in [5.41, 5.74) is -1.74. The Morgan fingerprint density at radius 1 is 1.05 bits per heavy atom. The van der Waals surface area contributed by atoms with Crippen molar-refractivity contribution in [1.29, 1.82) is 0 Å². The van der Waals surface area contributed by atoms with E-state index in [2.05, 4.69) is 10.3 Å². The van der Waals surface area contributed by atoms with Gasteiger partial charge in [0, 0.05) is 13.2 Å². The minimum absolute atomic E-state index is 0. The van der Waals surface area contributed by atoms with Crippen LogP contribution in [0.25, 0.3) is 0 Å². The molecular formula is C24H29N3O11S. The molecule has 2 aromatic rings. The smallest absolute Gasteiger partial charge is 0.336 e. The number of hydrogen-bond acceptors (Lipinski definition) is 10. The number of carbonyl (C=O) groups is 5. The van der Waals surface area contributed by atoms with Crippen LogP contribution in [0.5, 0.6) is 5.75 Å². The molecule has 0 aliphatic carbocycles. The molecule has 2 heterocycles. The van der Waals surface area contributed by atoms with Gasteiger partial charge in [-0.3, -0.25) is 24.5 Å². The van der Waals surface area contributed by atoms with E-state index in [-0.39, 0.29) is 21.9 Å². The van der Waals surface area contributed by atoms with Crippen LogP contribution in [0.2, 0.25) is 0 Å². The minimum Gasteiger partial charge on any atom is -0.492 e. The Hall–Kier alpha value is -4.21. The molecular weight excluding hydrogens is 538 g/mol. The maximum Gasteiger partial charge on any atom is 0.336 e. The van der Waals surface area contributed by atoms with Crippen LogP contribution >= 0.6 is 11.8 Å². The maximum absolute atomic E-state index is 11.6. The minimum atomic E-state index is -2.74. The zero-order valence-corrected chi connectivity index (χ0v) is 21.6. The molecule has 0 bridgehead atoms. The fourth-order valence-electron chi connectivity index (χ4n) is 3.17. The Labute approximate surface area is 226 Å². The molecule has 0 saturated carbocycles. The van der Waals surface area contributed by atoms with Gasteiger partial charge in [0.1, 0.15) is 18.2 Å². The Morgan fingerprint density at radius 3 is 2.13 bits per heavy atom. The van der Waals surface area contributed by atoms with Crippen molar-refractivity contribution < 1.29 is 54.6 Å². The molecule has 212 valence electrons. The van der Waals surface area contributed by atoms with Gasteiger partial charge in [0.15, 0.2) is 5.60 Å². The van der Waals surface area contributed by atoms with Crippen LogP contribution in [0.4, 0.5) is 10.6 Å². The number of hydrogen-bond donors (Lipinski definition) is 5. The van der Waals surface area contributed by atoms with Crippen molar-refractivity contribution in [2.45, 2.75) is 30.1 Å². The van der Waals surface area contributed by atoms with Gasteiger partial charge in [-0.2, -0.15) is 0 Å². The lowest BCUT2D eigenvalue weighted by Crippen LogP contribution is -2.42. The molecule has 1 unspecified atom stereocenters. The molecule has 1 saturated heterocycles. The van der Waals surface area contributed by atoms with Crippen LogP contribution in [0.3, 0.4) is 0 Å². The van der Waals surface area contributed by atoms with Crippen molar-refractivity contribution in [3.05, 3.63) is 54.2 Å². The predicted octanol–water partition coefficient (Wildman–Crippen LogP) is 0.418. The fourth-order valence-corrected chi connectivity index (χ4v) is 4.03. The highest BCUT2D eigenvalue weighted by atomic mass is 32.2. The number of carboxylic acids is 3. The number of aliphatic carboxylic acids is 3. The monoisotopic (exact) mass is 567 g/mol. The summed E-state index contributed by atoms with van der Waals surface area (Å²) >= 11 is 1.05. The van der Waals surface area contributed by atoms with E-state index in [1.54, 1.807) is 6.20 Å². The molecule has 1 atom stereocenters. The second-order valence-corrected chi connectivity index (χ2v) is 9.34. The van der Waals surface area contributed by atoms with Crippen LogP contribution in [0.15, 0.2) is 48.7 Å². The maximum atomic E-state index is 11.6. The van der Waals surface area contributed by atoms with E-state index in [1.807, 2.05) is 54.4 Å². The molecule has 1 aromatic heterocycles. The molecule has 15 heteroatoms. The Balaban J connectivity index is 0.000000466. The van der Waals surface area contributed by atoms with Crippen molar-refractivity contribution in [3.63, 3.8) is 0 Å². The molecule has 14 nitrogen and oxygen atoms in total. The van der Waals surface area contributed by atoms with Gasteiger partial charge >= 0.3 is 17.9 Å². The number of nitrogens with zero attached hydrogens (tertiary/aromatic N) is 2. The quantitative estimate of drug-likeness (QED) is 0.234. The van der Waals surface area contributed by atoms with Gasteiger partial charge in [0.25, 0.3) is 5.24 Å². The number of carboxylic acid groups (broad SMARTS) is 3. The van der Waals surface area contributed by atoms with Gasteiger partial charge in [0.05, 0.1) is 24.6 Å². The molecule has 7 N–H and O–H groups in total. The number of anilines is 1. The van der Waals surface area contributed by atoms with Gasteiger partial charge in [-0.1, -0.05) is 30.0 Å². The zero-order valence-electron chi connectivity index (χ0n) is 20.8. The molecule has 1 fully saturated rings. The molecule has 1 aromatic carbocycles. The third-order valence-electron chi connectivity index (χ3n) is 5.13. The summed E-state index contributed by atoms with van der Waals surface area (Å²) in [5.74, 6) is -3.55. The number of rotatable bonds is 12. The van der Waals surface area contributed by atoms with Crippen molar-refractivity contribution >= 4 is 46.6 Å². The summed E-state index contributed by atoms with van der Waals surface area (Å²) in [6, 6.07) is 13.4. The second-order valence-electron chi connectivity index (χ2n) is 8.17. The third kappa shape index (κ3) is 11.0. The first-order chi connectivity index (χ1) is 17.9. The third-order valence-corrected chi connectivity index (χ3v) is 6.11. The lowest BCUT2D eigenvalue weighted by Gasteiger charge is -2.18. The van der Waals surface area contributed by atoms with Gasteiger partial charge in [-0.05, 0) is 36.2 Å². The SMILES string of the molecule is CN(CCOc1ccc(CC2SC(=O)NC2=O)cc1)c1ccccn1.O.O=C(O)CC(O)(CC(=O)O)C(=O)O. The first-order valence-electron chi connectivity index (χ1n) is 11.1. The van der Waals surface area contributed by atoms with Crippen LogP contribution < -0.4 is 15.0 Å². The molecule has 3 rings (SSSR count). The Bertz CT molecular complexity index is 1130. The van der Waals surface area contributed by atoms with Crippen LogP contribution in [0, 0.1) is 0 Å². The topological polar surface area (TPSA) is 235 Å². The number of thioether (sulfide) groups is 1. The summed E-state index contributed by atoms with van der Waals surface area (Å²) in [6.07, 6.45) is 0.01000. The number of carbonyl (C=O) groups excluding carboxylic acids is 2. The Morgan fingerprint density at radius 2 is 1.67 bits per heavy atom. The van der Waals surface area contributed by atoms with E-state index < -0.39 is 36.4 Å². The predicted molar refractivity (Wildman–Crippen MR) is 139 cm³/mol. The number of pyridine rings is 1. The van der Waals surface area contributed by atoms with E-state index in [9.17, 15) is 24.0 Å². The lowest BCUT2D eigenvalue weighted by molar-refractivity contribution is -0.170. The normalized spacial score (nSPS) is 14.3. The number of benzene rings is 1. The van der Waals surface area contributed by atoms with Gasteiger partial charge in [-0.25, -0.2) is 9.78 Å². The molecule has 0 spiro atoms. The van der Waals surface area contributed by atoms with Gasteiger partial charge < -0.3 is 35.5 Å². The summed E-state index contributed by atoms with van der Waals surface area (Å²) < 4.78 is 5.75. The van der Waals surface area contributed by atoms with E-state index in [1.165, 1.54) is 0 Å². The molecule has 1 aliphatic heterocycles. The molecule has 39 heavy (non-hydrogen) atoms. The summed E-state index contributed by atoms with van der Waals surface area (Å²) in [4.78, 5) is 59.6. The lowest BCUT2D eigenvalue weighted by atomic mass is 9.96. The number of imide groups is 1. The zero-order chi connectivity index (χ0) is 28.3. The number of amides is 2. The van der Waals surface area contributed by atoms with Gasteiger partial charge in [-0.15, -0.1) is 0 Å². The average Bonchev–Trinajstić information content (AvgIpc) is 3.16. The highest BCUT2D eigenvalue weighted by Gasteiger charge is 2.40. The fraction of sp³-hybridized carbons (Fsp3) is 0.333. The average molecular weight is 568 g/mol. The first-order valence-corrected chi connectivity index (χ1v) is 12.0. The highest BCUT2D eigenvalue weighted by molar-refractivity contribution is 8.15. The second kappa shape index (κ2) is 15.3. The molecule has 2 amide bonds. The number of aliphatic hydroxyl groups is 1. The first kappa shape index (κ1) is 32.8. The standard InChI is InChI=1S/C18H19N3O3S.C6H8O7.H2O/c1-21(16-4-2-3-9-19-16)10-11-24-14-7-5-13(6-8-14)12-15-17(22)20-18(23)25-15;7-3(8)1-6(13,5(11)12)2-4(9)10;/h2-9,15H,10-12H2,1H3,(H,20,22,23);13H,1-2H2,(H,7,8)(H,9,10)(H,11,12);1H2. The summed E-state index contributed by atoms with van der Waals surface area (Å²) in [6.45, 7) is 1.27. The molecule has 0 radical (unpaired) electrons. The number of likely N-dealkylation sites (N-methyl/N-ethyl adjacent to an activating group) is 1. The summed E-state index contributed by atoms with van der Waals surface area (Å²) in [7, 11) is 1.97. The number of ether oxygens (including phenoxy) is 1. The Kier molecular flexibility index (Phi) is 12.8. The van der Waals surface area contributed by atoms with Crippen molar-refractivity contribution in [2.24, 2.45) is 0 Å². The summed E-state index contributed by atoms with van der Waals surface area (Å²) in [5, 5.41) is 35.5. The molecule has 1 aliphatic rings. The highest BCUT2D eigenvalue weighted by Crippen LogP contribution is 2.24. The number of aromatic nitrogens is 1. The van der Waals surface area contributed by atoms with Crippen molar-refractivity contribution in [2.75, 3.05) is 25.1 Å². The van der Waals surface area contributed by atoms with Crippen LogP contribution in [-0.4, -0.2) is 91.0 Å².